The largest absolute Gasteiger partial charge is 0.454 e. The van der Waals surface area contributed by atoms with Gasteiger partial charge in [-0.05, 0) is 63.2 Å². The first-order chi connectivity index (χ1) is 15.8. The molecule has 2 aromatic rings. The lowest BCUT2D eigenvalue weighted by Gasteiger charge is -2.32. The van der Waals surface area contributed by atoms with E-state index in [2.05, 4.69) is 15.8 Å². The summed E-state index contributed by atoms with van der Waals surface area (Å²) in [6.07, 6.45) is 2.63. The molecule has 1 atom stereocenters. The highest BCUT2D eigenvalue weighted by atomic mass is 32.2. The summed E-state index contributed by atoms with van der Waals surface area (Å²) in [5, 5.41) is 0. The second-order valence-corrected chi connectivity index (χ2v) is 10.0. The van der Waals surface area contributed by atoms with Gasteiger partial charge in [0.2, 0.25) is 10.0 Å². The molecule has 10 heteroatoms. The van der Waals surface area contributed by atoms with Crippen LogP contribution in [-0.4, -0.2) is 55.1 Å². The van der Waals surface area contributed by atoms with Gasteiger partial charge in [-0.1, -0.05) is 26.3 Å². The van der Waals surface area contributed by atoms with Gasteiger partial charge in [0, 0.05) is 18.2 Å². The van der Waals surface area contributed by atoms with Crippen LogP contribution in [0.25, 0.3) is 0 Å². The van der Waals surface area contributed by atoms with E-state index in [0.717, 1.165) is 32.4 Å². The molecule has 1 aliphatic rings. The van der Waals surface area contributed by atoms with Crippen LogP contribution in [0, 0.1) is 0 Å². The predicted molar refractivity (Wildman–Crippen MR) is 124 cm³/mol. The van der Waals surface area contributed by atoms with Crippen LogP contribution in [0.2, 0.25) is 0 Å². The summed E-state index contributed by atoms with van der Waals surface area (Å²) in [4.78, 5) is 27.1. The Morgan fingerprint density at radius 2 is 1.82 bits per heavy atom. The average Bonchev–Trinajstić information content (AvgIpc) is 3.29. The van der Waals surface area contributed by atoms with Gasteiger partial charge in [-0.25, -0.2) is 8.42 Å². The third kappa shape index (κ3) is 6.01. The molecule has 180 valence electrons. The number of hydrogen-bond acceptors (Lipinski definition) is 6. The molecule has 1 unspecified atom stereocenters. The maximum absolute atomic E-state index is 13.1. The van der Waals surface area contributed by atoms with Crippen molar-refractivity contribution in [3.8, 4) is 0 Å². The Balaban J connectivity index is 1.63. The number of amides is 2. The Hall–Kier alpha value is -2.69. The fourth-order valence-electron chi connectivity index (χ4n) is 3.86. The van der Waals surface area contributed by atoms with Gasteiger partial charge in [-0.15, -0.1) is 0 Å². The average molecular weight is 477 g/mol. The van der Waals surface area contributed by atoms with E-state index in [9.17, 15) is 18.0 Å². The molecule has 0 radical (unpaired) electrons. The van der Waals surface area contributed by atoms with E-state index < -0.39 is 21.8 Å². The van der Waals surface area contributed by atoms with E-state index in [1.165, 1.54) is 28.6 Å². The molecule has 0 spiro atoms. The van der Waals surface area contributed by atoms with Crippen LogP contribution >= 0.6 is 0 Å². The summed E-state index contributed by atoms with van der Waals surface area (Å²) in [6, 6.07) is 9.01. The minimum absolute atomic E-state index is 0.0577. The number of hydrazine groups is 1. The second kappa shape index (κ2) is 11.0. The molecule has 1 fully saturated rings. The van der Waals surface area contributed by atoms with Crippen molar-refractivity contribution in [3.63, 3.8) is 0 Å². The third-order valence-electron chi connectivity index (χ3n) is 5.89. The van der Waals surface area contributed by atoms with E-state index >= 15 is 0 Å². The minimum atomic E-state index is -3.71. The summed E-state index contributed by atoms with van der Waals surface area (Å²) in [5.74, 6) is -0.491. The first-order valence-electron chi connectivity index (χ1n) is 11.3. The molecule has 2 heterocycles. The Morgan fingerprint density at radius 1 is 1.09 bits per heavy atom. The zero-order valence-electron chi connectivity index (χ0n) is 19.3. The predicted octanol–water partition coefficient (Wildman–Crippen LogP) is 2.76. The molecular weight excluding hydrogens is 444 g/mol. The summed E-state index contributed by atoms with van der Waals surface area (Å²) in [7, 11) is -3.71. The number of nitrogens with one attached hydrogen (secondary N) is 2. The van der Waals surface area contributed by atoms with E-state index in [1.807, 2.05) is 20.8 Å². The molecule has 33 heavy (non-hydrogen) atoms. The van der Waals surface area contributed by atoms with Crippen LogP contribution in [0.15, 0.2) is 45.7 Å². The van der Waals surface area contributed by atoms with Crippen molar-refractivity contribution in [2.24, 2.45) is 0 Å². The highest BCUT2D eigenvalue weighted by Gasteiger charge is 2.31. The Bertz CT molecular complexity index is 1080. The maximum Gasteiger partial charge on any atom is 0.305 e. The molecule has 9 nitrogen and oxygen atoms in total. The van der Waals surface area contributed by atoms with Crippen molar-refractivity contribution in [1.82, 2.24) is 20.1 Å². The smallest absolute Gasteiger partial charge is 0.305 e. The third-order valence-corrected chi connectivity index (χ3v) is 7.90. The molecule has 2 N–H and O–H groups in total. The highest BCUT2D eigenvalue weighted by Crippen LogP contribution is 2.25. The van der Waals surface area contributed by atoms with Gasteiger partial charge in [0.05, 0.1) is 11.4 Å². The molecule has 0 saturated carbocycles. The van der Waals surface area contributed by atoms with Crippen molar-refractivity contribution in [1.29, 1.82) is 0 Å². The Morgan fingerprint density at radius 3 is 2.52 bits per heavy atom. The first-order valence-corrected chi connectivity index (χ1v) is 12.7. The lowest BCUT2D eigenvalue weighted by atomic mass is 10.1. The van der Waals surface area contributed by atoms with Crippen LogP contribution in [0.4, 0.5) is 0 Å². The fraction of sp³-hybridized carbons (Fsp3) is 0.478. The zero-order chi connectivity index (χ0) is 24.0. The van der Waals surface area contributed by atoms with E-state index in [0.29, 0.717) is 18.8 Å². The second-order valence-electron chi connectivity index (χ2n) is 8.12. The van der Waals surface area contributed by atoms with Crippen LogP contribution in [0.3, 0.4) is 0 Å². The molecule has 1 aromatic carbocycles. The number of hydrogen-bond donors (Lipinski definition) is 2. The standard InChI is InChI=1S/C23H32N4O5S/c1-4-26(5-2)16-19-12-13-21(32-19)23(29)25-24-22(28)18-10-8-11-20(15-18)33(30,31)27-14-7-6-9-17(27)3/h8,10-13,15,17H,4-7,9,14,16H2,1-3H3,(H,24,28)(H,25,29). The molecular formula is C23H32N4O5S. The lowest BCUT2D eigenvalue weighted by Crippen LogP contribution is -2.42. The number of nitrogens with zero attached hydrogens (tertiary/aromatic N) is 2. The SMILES string of the molecule is CCN(CC)Cc1ccc(C(=O)NNC(=O)c2cccc(S(=O)(=O)N3CCCCC3C)c2)o1. The minimum Gasteiger partial charge on any atom is -0.454 e. The molecule has 0 bridgehead atoms. The van der Waals surface area contributed by atoms with Crippen molar-refractivity contribution in [3.05, 3.63) is 53.5 Å². The van der Waals surface area contributed by atoms with Gasteiger partial charge in [0.15, 0.2) is 5.76 Å². The molecule has 1 aromatic heterocycles. The van der Waals surface area contributed by atoms with Crippen molar-refractivity contribution in [2.45, 2.75) is 57.5 Å². The van der Waals surface area contributed by atoms with Crippen LogP contribution < -0.4 is 10.9 Å². The summed E-state index contributed by atoms with van der Waals surface area (Å²) >= 11 is 0. The lowest BCUT2D eigenvalue weighted by molar-refractivity contribution is 0.0828. The highest BCUT2D eigenvalue weighted by molar-refractivity contribution is 7.89. The number of benzene rings is 1. The van der Waals surface area contributed by atoms with Gasteiger partial charge in [-0.3, -0.25) is 25.3 Å². The molecule has 1 aliphatic heterocycles. The van der Waals surface area contributed by atoms with E-state index in [4.69, 9.17) is 4.42 Å². The Labute approximate surface area is 195 Å². The number of carbonyl (C=O) groups excluding carboxylic acids is 2. The first kappa shape index (κ1) is 24.9. The van der Waals surface area contributed by atoms with Crippen LogP contribution in [-0.2, 0) is 16.6 Å². The van der Waals surface area contributed by atoms with E-state index in [-0.39, 0.29) is 22.3 Å². The van der Waals surface area contributed by atoms with Gasteiger partial charge in [0.25, 0.3) is 5.91 Å². The van der Waals surface area contributed by atoms with Crippen molar-refractivity contribution >= 4 is 21.8 Å². The Kier molecular flexibility index (Phi) is 8.28. The van der Waals surface area contributed by atoms with Gasteiger partial charge >= 0.3 is 5.91 Å². The quantitative estimate of drug-likeness (QED) is 0.567. The van der Waals surface area contributed by atoms with Crippen LogP contribution in [0.1, 0.15) is 66.7 Å². The topological polar surface area (TPSA) is 112 Å². The normalized spacial score (nSPS) is 17.2. The molecule has 0 aliphatic carbocycles. The summed E-state index contributed by atoms with van der Waals surface area (Å²) < 4.78 is 33.2. The van der Waals surface area contributed by atoms with E-state index in [1.54, 1.807) is 12.1 Å². The number of rotatable bonds is 8. The number of carbonyl (C=O) groups is 2. The molecule has 2 amide bonds. The summed E-state index contributed by atoms with van der Waals surface area (Å²) in [6.45, 7) is 8.76. The zero-order valence-corrected chi connectivity index (χ0v) is 20.2. The van der Waals surface area contributed by atoms with Gasteiger partial charge in [-0.2, -0.15) is 4.31 Å². The van der Waals surface area contributed by atoms with Crippen LogP contribution in [0.5, 0.6) is 0 Å². The van der Waals surface area contributed by atoms with Crippen molar-refractivity contribution in [2.75, 3.05) is 19.6 Å². The molecule has 1 saturated heterocycles. The number of sulfonamides is 1. The number of piperidine rings is 1. The summed E-state index contributed by atoms with van der Waals surface area (Å²) in [5.41, 5.74) is 4.76. The van der Waals surface area contributed by atoms with Gasteiger partial charge in [0.1, 0.15) is 5.76 Å². The molecule has 3 rings (SSSR count). The monoisotopic (exact) mass is 476 g/mol. The van der Waals surface area contributed by atoms with Gasteiger partial charge < -0.3 is 4.42 Å². The maximum atomic E-state index is 13.1. The fourth-order valence-corrected chi connectivity index (χ4v) is 5.61. The van der Waals surface area contributed by atoms with Crippen molar-refractivity contribution < 1.29 is 22.4 Å². The number of furan rings is 1.